The smallest absolute Gasteiger partial charge is 0.322 e. The highest BCUT2D eigenvalue weighted by molar-refractivity contribution is 5.87. The van der Waals surface area contributed by atoms with E-state index in [0.29, 0.717) is 5.89 Å². The van der Waals surface area contributed by atoms with Crippen molar-refractivity contribution in [3.8, 4) is 45.2 Å². The molecule has 2 N–H and O–H groups in total. The minimum Gasteiger partial charge on any atom is -0.480 e. The van der Waals surface area contributed by atoms with Gasteiger partial charge in [-0.2, -0.15) is 0 Å². The van der Waals surface area contributed by atoms with Gasteiger partial charge in [-0.05, 0) is 41.8 Å². The van der Waals surface area contributed by atoms with E-state index in [9.17, 15) is 4.79 Å². The molecule has 5 rings (SSSR count). The number of benzene rings is 4. The molecule has 0 amide bonds. The molecule has 0 radical (unpaired) electrons. The molecule has 0 spiro atoms. The first-order valence-electron chi connectivity index (χ1n) is 11.4. The Morgan fingerprint density at radius 1 is 0.833 bits per heavy atom. The van der Waals surface area contributed by atoms with Gasteiger partial charge in [0.15, 0.2) is 5.76 Å². The summed E-state index contributed by atoms with van der Waals surface area (Å²) in [4.78, 5) is 16.0. The van der Waals surface area contributed by atoms with E-state index in [1.54, 1.807) is 0 Å². The molecule has 4 aromatic carbocycles. The average molecular weight is 477 g/mol. The number of aryl methyl sites for hydroxylation is 1. The third-order valence-corrected chi connectivity index (χ3v) is 5.81. The van der Waals surface area contributed by atoms with E-state index in [2.05, 4.69) is 18.3 Å². The summed E-state index contributed by atoms with van der Waals surface area (Å²) in [5.41, 5.74) is 7.35. The van der Waals surface area contributed by atoms with Gasteiger partial charge >= 0.3 is 5.97 Å². The van der Waals surface area contributed by atoms with Gasteiger partial charge in [-0.15, -0.1) is 0 Å². The standard InChI is InChI=1S/C30H24N2O3.CH4/c1-20-10-8-17-25(27(20)23-15-9-16-24(18-23)31-19-26(33)34)30-32-28(21-11-4-2-5-12-21)29(35-30)22-13-6-3-7-14-22;/h2-18,31H,19H2,1H3,(H,33,34);1H4. The first-order valence-corrected chi connectivity index (χ1v) is 11.4. The highest BCUT2D eigenvalue weighted by atomic mass is 16.4. The minimum atomic E-state index is -0.909. The lowest BCUT2D eigenvalue weighted by atomic mass is 9.94. The first-order chi connectivity index (χ1) is 17.1. The van der Waals surface area contributed by atoms with Gasteiger partial charge in [-0.3, -0.25) is 4.79 Å². The number of hydrogen-bond donors (Lipinski definition) is 2. The second-order valence-corrected chi connectivity index (χ2v) is 8.25. The molecule has 0 atom stereocenters. The third-order valence-electron chi connectivity index (χ3n) is 5.81. The van der Waals surface area contributed by atoms with Crippen LogP contribution in [0.3, 0.4) is 0 Å². The van der Waals surface area contributed by atoms with Gasteiger partial charge in [0.2, 0.25) is 5.89 Å². The summed E-state index contributed by atoms with van der Waals surface area (Å²) in [6, 6.07) is 33.8. The van der Waals surface area contributed by atoms with E-state index in [-0.39, 0.29) is 14.0 Å². The van der Waals surface area contributed by atoms with Crippen molar-refractivity contribution in [2.45, 2.75) is 14.4 Å². The van der Waals surface area contributed by atoms with Crippen LogP contribution in [0.15, 0.2) is 108 Å². The van der Waals surface area contributed by atoms with Crippen LogP contribution in [0.4, 0.5) is 5.69 Å². The lowest BCUT2D eigenvalue weighted by Crippen LogP contribution is -2.12. The Labute approximate surface area is 211 Å². The van der Waals surface area contributed by atoms with Crippen LogP contribution in [0.2, 0.25) is 0 Å². The zero-order valence-corrected chi connectivity index (χ0v) is 19.2. The number of carboxylic acid groups (broad SMARTS) is 1. The molecule has 0 bridgehead atoms. The number of carbonyl (C=O) groups is 1. The molecule has 36 heavy (non-hydrogen) atoms. The van der Waals surface area contributed by atoms with E-state index in [0.717, 1.165) is 50.5 Å². The molecule has 0 fully saturated rings. The zero-order chi connectivity index (χ0) is 24.2. The topological polar surface area (TPSA) is 75.4 Å². The summed E-state index contributed by atoms with van der Waals surface area (Å²) in [5.74, 6) is 0.343. The molecule has 0 unspecified atom stereocenters. The summed E-state index contributed by atoms with van der Waals surface area (Å²) in [7, 11) is 0. The van der Waals surface area contributed by atoms with Crippen molar-refractivity contribution in [1.29, 1.82) is 0 Å². The van der Waals surface area contributed by atoms with E-state index >= 15 is 0 Å². The second kappa shape index (κ2) is 10.7. The monoisotopic (exact) mass is 476 g/mol. The number of oxazole rings is 1. The number of anilines is 1. The minimum absolute atomic E-state index is 0. The summed E-state index contributed by atoms with van der Waals surface area (Å²) < 4.78 is 6.46. The van der Waals surface area contributed by atoms with Crippen molar-refractivity contribution in [1.82, 2.24) is 4.98 Å². The number of aromatic nitrogens is 1. The molecular weight excluding hydrogens is 448 g/mol. The Bertz CT molecular complexity index is 1420. The number of nitrogens with zero attached hydrogens (tertiary/aromatic N) is 1. The molecule has 1 heterocycles. The van der Waals surface area contributed by atoms with Crippen molar-refractivity contribution >= 4 is 11.7 Å². The predicted molar refractivity (Wildman–Crippen MR) is 146 cm³/mol. The predicted octanol–water partition coefficient (Wildman–Crippen LogP) is 7.78. The van der Waals surface area contributed by atoms with Gasteiger partial charge in [-0.25, -0.2) is 4.98 Å². The summed E-state index contributed by atoms with van der Waals surface area (Å²) in [5, 5.41) is 12.0. The maximum absolute atomic E-state index is 11.0. The lowest BCUT2D eigenvalue weighted by Gasteiger charge is -2.12. The third kappa shape index (κ3) is 5.05. The highest BCUT2D eigenvalue weighted by Gasteiger charge is 2.21. The fourth-order valence-electron chi connectivity index (χ4n) is 4.20. The summed E-state index contributed by atoms with van der Waals surface area (Å²) in [6.45, 7) is 1.90. The molecule has 5 nitrogen and oxygen atoms in total. The van der Waals surface area contributed by atoms with E-state index in [1.807, 2.05) is 97.1 Å². The Hall–Kier alpha value is -4.64. The Balaban J connectivity index is 0.00000304. The van der Waals surface area contributed by atoms with E-state index in [4.69, 9.17) is 14.5 Å². The van der Waals surface area contributed by atoms with Crippen LogP contribution in [0.1, 0.15) is 13.0 Å². The van der Waals surface area contributed by atoms with Gasteiger partial charge in [0.05, 0.1) is 0 Å². The molecule has 5 heteroatoms. The number of carboxylic acids is 1. The molecule has 1 aromatic heterocycles. The van der Waals surface area contributed by atoms with Crippen molar-refractivity contribution in [3.05, 3.63) is 109 Å². The van der Waals surface area contributed by atoms with Gasteiger partial charge in [0, 0.05) is 22.4 Å². The Morgan fingerprint density at radius 2 is 1.47 bits per heavy atom. The summed E-state index contributed by atoms with van der Waals surface area (Å²) >= 11 is 0. The first kappa shape index (κ1) is 24.5. The SMILES string of the molecule is C.Cc1cccc(-c2nc(-c3ccccc3)c(-c3ccccc3)o2)c1-c1cccc(NCC(=O)O)c1. The van der Waals surface area contributed by atoms with Crippen LogP contribution >= 0.6 is 0 Å². The van der Waals surface area contributed by atoms with Crippen LogP contribution in [-0.2, 0) is 4.79 Å². The van der Waals surface area contributed by atoms with Crippen LogP contribution in [0.25, 0.3) is 45.2 Å². The molecule has 180 valence electrons. The van der Waals surface area contributed by atoms with Crippen LogP contribution in [0, 0.1) is 6.92 Å². The van der Waals surface area contributed by atoms with E-state index in [1.165, 1.54) is 0 Å². The van der Waals surface area contributed by atoms with Gasteiger partial charge in [0.25, 0.3) is 0 Å². The molecular formula is C31H28N2O3. The van der Waals surface area contributed by atoms with Crippen LogP contribution in [-0.4, -0.2) is 22.6 Å². The van der Waals surface area contributed by atoms with Gasteiger partial charge < -0.3 is 14.8 Å². The van der Waals surface area contributed by atoms with Gasteiger partial charge in [-0.1, -0.05) is 92.4 Å². The average Bonchev–Trinajstić information content (AvgIpc) is 3.34. The second-order valence-electron chi connectivity index (χ2n) is 8.25. The highest BCUT2D eigenvalue weighted by Crippen LogP contribution is 2.40. The molecule has 5 aromatic rings. The maximum atomic E-state index is 11.0. The zero-order valence-electron chi connectivity index (χ0n) is 19.2. The lowest BCUT2D eigenvalue weighted by molar-refractivity contribution is -0.134. The number of hydrogen-bond acceptors (Lipinski definition) is 4. The van der Waals surface area contributed by atoms with Crippen molar-refractivity contribution < 1.29 is 14.3 Å². The van der Waals surface area contributed by atoms with Crippen molar-refractivity contribution in [2.24, 2.45) is 0 Å². The molecule has 0 saturated heterocycles. The van der Waals surface area contributed by atoms with Crippen molar-refractivity contribution in [3.63, 3.8) is 0 Å². The molecule has 0 aliphatic carbocycles. The number of rotatable bonds is 7. The molecule has 0 aliphatic heterocycles. The largest absolute Gasteiger partial charge is 0.480 e. The van der Waals surface area contributed by atoms with Gasteiger partial charge in [0.1, 0.15) is 12.2 Å². The van der Waals surface area contributed by atoms with Crippen LogP contribution in [0.5, 0.6) is 0 Å². The van der Waals surface area contributed by atoms with E-state index < -0.39 is 5.97 Å². The fraction of sp³-hybridized carbons (Fsp3) is 0.0968. The van der Waals surface area contributed by atoms with Crippen LogP contribution < -0.4 is 5.32 Å². The molecule has 0 saturated carbocycles. The summed E-state index contributed by atoms with van der Waals surface area (Å²) in [6.07, 6.45) is 0. The maximum Gasteiger partial charge on any atom is 0.322 e. The number of nitrogens with one attached hydrogen (secondary N) is 1. The number of aliphatic carboxylic acids is 1. The fourth-order valence-corrected chi connectivity index (χ4v) is 4.20. The molecule has 0 aliphatic rings. The normalized spacial score (nSPS) is 10.5. The Kier molecular flexibility index (Phi) is 7.31. The van der Waals surface area contributed by atoms with Crippen molar-refractivity contribution in [2.75, 3.05) is 11.9 Å². The Morgan fingerprint density at radius 3 is 2.17 bits per heavy atom. The quantitative estimate of drug-likeness (QED) is 0.251.